The summed E-state index contributed by atoms with van der Waals surface area (Å²) in [5.74, 6) is -0.337. The monoisotopic (exact) mass is 293 g/mol. The van der Waals surface area contributed by atoms with E-state index < -0.39 is 4.92 Å². The maximum absolute atomic E-state index is 12.2. The van der Waals surface area contributed by atoms with Gasteiger partial charge in [-0.05, 0) is 6.54 Å². The lowest BCUT2D eigenvalue weighted by Gasteiger charge is -2.21. The van der Waals surface area contributed by atoms with Gasteiger partial charge in [-0.3, -0.25) is 24.6 Å². The minimum absolute atomic E-state index is 0.0528. The van der Waals surface area contributed by atoms with Crippen molar-refractivity contribution in [2.75, 3.05) is 33.7 Å². The van der Waals surface area contributed by atoms with Gasteiger partial charge in [0.25, 0.3) is 5.69 Å². The van der Waals surface area contributed by atoms with Crippen LogP contribution in [0.4, 0.5) is 5.69 Å². The predicted octanol–water partition coefficient (Wildman–Crippen LogP) is 1.19. The molecule has 0 atom stereocenters. The molecule has 114 valence electrons. The molecular weight excluding hydrogens is 274 g/mol. The van der Waals surface area contributed by atoms with Crippen LogP contribution in [-0.4, -0.2) is 60.1 Å². The summed E-state index contributed by atoms with van der Waals surface area (Å²) in [6, 6.07) is 5.61. The fourth-order valence-electron chi connectivity index (χ4n) is 1.70. The second kappa shape index (κ2) is 7.49. The van der Waals surface area contributed by atoms with E-state index in [0.29, 0.717) is 6.54 Å². The molecule has 7 heteroatoms. The van der Waals surface area contributed by atoms with E-state index >= 15 is 0 Å². The number of hydrogen-bond donors (Lipinski definition) is 0. The topological polar surface area (TPSA) is 83.8 Å². The normalized spacial score (nSPS) is 10.5. The van der Waals surface area contributed by atoms with E-state index in [2.05, 4.69) is 0 Å². The number of rotatable bonds is 7. The van der Waals surface area contributed by atoms with Crippen LogP contribution in [0.25, 0.3) is 0 Å². The quantitative estimate of drug-likeness (QED) is 0.428. The van der Waals surface area contributed by atoms with Crippen LogP contribution in [0.1, 0.15) is 17.3 Å². The van der Waals surface area contributed by atoms with Crippen LogP contribution in [0.5, 0.6) is 0 Å². The van der Waals surface area contributed by atoms with Crippen LogP contribution in [0.3, 0.4) is 0 Å². The van der Waals surface area contributed by atoms with Crippen molar-refractivity contribution in [1.82, 2.24) is 9.80 Å². The molecule has 0 aliphatic carbocycles. The summed E-state index contributed by atoms with van der Waals surface area (Å²) in [4.78, 5) is 37.1. The Labute approximate surface area is 123 Å². The fourth-order valence-corrected chi connectivity index (χ4v) is 1.70. The highest BCUT2D eigenvalue weighted by Crippen LogP contribution is 2.13. The number of nitrogens with zero attached hydrogens (tertiary/aromatic N) is 3. The zero-order valence-electron chi connectivity index (χ0n) is 12.4. The van der Waals surface area contributed by atoms with Crippen molar-refractivity contribution in [1.29, 1.82) is 0 Å². The highest BCUT2D eigenvalue weighted by molar-refractivity contribution is 5.98. The minimum Gasteiger partial charge on any atom is -0.348 e. The summed E-state index contributed by atoms with van der Waals surface area (Å²) in [5.41, 5.74) is 0.160. The molecule has 0 aliphatic rings. The Balaban J connectivity index is 2.76. The molecule has 0 spiro atoms. The largest absolute Gasteiger partial charge is 0.348 e. The number of hydrogen-bond acceptors (Lipinski definition) is 5. The Morgan fingerprint density at radius 2 is 1.90 bits per heavy atom. The van der Waals surface area contributed by atoms with Crippen molar-refractivity contribution in [2.24, 2.45) is 0 Å². The number of nitro benzene ring substituents is 1. The number of non-ortho nitro benzene ring substituents is 1. The zero-order chi connectivity index (χ0) is 16.0. The van der Waals surface area contributed by atoms with E-state index in [-0.39, 0.29) is 36.0 Å². The zero-order valence-corrected chi connectivity index (χ0v) is 12.4. The van der Waals surface area contributed by atoms with E-state index in [1.807, 2.05) is 6.92 Å². The molecule has 1 aromatic rings. The number of benzene rings is 1. The molecule has 1 amide bonds. The van der Waals surface area contributed by atoms with Gasteiger partial charge >= 0.3 is 0 Å². The Bertz CT molecular complexity index is 543. The number of carbonyl (C=O) groups is 2. The smallest absolute Gasteiger partial charge is 0.270 e. The standard InChI is InChI=1S/C14H19N3O4/c1-4-16(10-14(19)15(2)3)9-13(18)11-6-5-7-12(8-11)17(20)21/h5-8H,4,9-10H2,1-3H3. The van der Waals surface area contributed by atoms with Gasteiger partial charge in [0.1, 0.15) is 0 Å². The van der Waals surface area contributed by atoms with Gasteiger partial charge in [0, 0.05) is 31.8 Å². The van der Waals surface area contributed by atoms with E-state index in [9.17, 15) is 19.7 Å². The van der Waals surface area contributed by atoms with Crippen molar-refractivity contribution in [3.63, 3.8) is 0 Å². The second-order valence-corrected chi connectivity index (χ2v) is 4.82. The van der Waals surface area contributed by atoms with Crippen molar-refractivity contribution in [3.05, 3.63) is 39.9 Å². The average Bonchev–Trinajstić information content (AvgIpc) is 2.46. The summed E-state index contributed by atoms with van der Waals surface area (Å²) >= 11 is 0. The first-order valence-corrected chi connectivity index (χ1v) is 6.55. The number of amides is 1. The Morgan fingerprint density at radius 1 is 1.24 bits per heavy atom. The van der Waals surface area contributed by atoms with Gasteiger partial charge in [0.15, 0.2) is 5.78 Å². The Hall–Kier alpha value is -2.28. The summed E-state index contributed by atoms with van der Waals surface area (Å²) < 4.78 is 0. The molecule has 0 N–H and O–H groups in total. The highest BCUT2D eigenvalue weighted by atomic mass is 16.6. The molecule has 21 heavy (non-hydrogen) atoms. The molecule has 0 heterocycles. The molecular formula is C14H19N3O4. The Morgan fingerprint density at radius 3 is 2.43 bits per heavy atom. The van der Waals surface area contributed by atoms with Crippen molar-refractivity contribution in [3.8, 4) is 0 Å². The van der Waals surface area contributed by atoms with E-state index in [4.69, 9.17) is 0 Å². The molecule has 0 saturated heterocycles. The maximum atomic E-state index is 12.2. The van der Waals surface area contributed by atoms with E-state index in [0.717, 1.165) is 0 Å². The molecule has 0 saturated carbocycles. The number of likely N-dealkylation sites (N-methyl/N-ethyl adjacent to an activating group) is 2. The minimum atomic E-state index is -0.538. The van der Waals surface area contributed by atoms with Crippen molar-refractivity contribution < 1.29 is 14.5 Å². The van der Waals surface area contributed by atoms with E-state index in [1.54, 1.807) is 19.0 Å². The van der Waals surface area contributed by atoms with Crippen LogP contribution in [0, 0.1) is 10.1 Å². The van der Waals surface area contributed by atoms with Crippen LogP contribution < -0.4 is 0 Å². The highest BCUT2D eigenvalue weighted by Gasteiger charge is 2.17. The summed E-state index contributed by atoms with van der Waals surface area (Å²) in [7, 11) is 3.30. The van der Waals surface area contributed by atoms with Crippen molar-refractivity contribution in [2.45, 2.75) is 6.92 Å². The molecule has 7 nitrogen and oxygen atoms in total. The fraction of sp³-hybridized carbons (Fsp3) is 0.429. The first kappa shape index (κ1) is 16.8. The van der Waals surface area contributed by atoms with Gasteiger partial charge in [0.2, 0.25) is 5.91 Å². The molecule has 0 radical (unpaired) electrons. The Kier molecular flexibility index (Phi) is 5.98. The molecule has 0 aliphatic heterocycles. The second-order valence-electron chi connectivity index (χ2n) is 4.82. The van der Waals surface area contributed by atoms with Gasteiger partial charge in [-0.1, -0.05) is 19.1 Å². The molecule has 1 aromatic carbocycles. The van der Waals surface area contributed by atoms with Crippen molar-refractivity contribution >= 4 is 17.4 Å². The van der Waals surface area contributed by atoms with Crippen LogP contribution in [-0.2, 0) is 4.79 Å². The third kappa shape index (κ3) is 4.96. The van der Waals surface area contributed by atoms with Gasteiger partial charge in [0.05, 0.1) is 18.0 Å². The lowest BCUT2D eigenvalue weighted by Crippen LogP contribution is -2.39. The molecule has 0 unspecified atom stereocenters. The molecule has 1 rings (SSSR count). The predicted molar refractivity (Wildman–Crippen MR) is 78.2 cm³/mol. The van der Waals surface area contributed by atoms with Gasteiger partial charge < -0.3 is 4.90 Å². The maximum Gasteiger partial charge on any atom is 0.270 e. The number of nitro groups is 1. The van der Waals surface area contributed by atoms with Crippen LogP contribution >= 0.6 is 0 Å². The third-order valence-corrected chi connectivity index (χ3v) is 3.05. The van der Waals surface area contributed by atoms with E-state index in [1.165, 1.54) is 29.2 Å². The summed E-state index contributed by atoms with van der Waals surface area (Å²) in [6.45, 7) is 2.59. The lowest BCUT2D eigenvalue weighted by atomic mass is 10.1. The first-order chi connectivity index (χ1) is 9.85. The molecule has 0 fully saturated rings. The lowest BCUT2D eigenvalue weighted by molar-refractivity contribution is -0.384. The number of Topliss-reactive ketones (excluding diaryl/α,β-unsaturated/α-hetero) is 1. The van der Waals surface area contributed by atoms with Gasteiger partial charge in [-0.15, -0.1) is 0 Å². The SMILES string of the molecule is CCN(CC(=O)c1cccc([N+](=O)[O-])c1)CC(=O)N(C)C. The first-order valence-electron chi connectivity index (χ1n) is 6.55. The van der Waals surface area contributed by atoms with Gasteiger partial charge in [-0.2, -0.15) is 0 Å². The molecule has 0 aromatic heterocycles. The third-order valence-electron chi connectivity index (χ3n) is 3.05. The van der Waals surface area contributed by atoms with Crippen LogP contribution in [0.2, 0.25) is 0 Å². The van der Waals surface area contributed by atoms with Crippen LogP contribution in [0.15, 0.2) is 24.3 Å². The number of carbonyl (C=O) groups excluding carboxylic acids is 2. The molecule has 0 bridgehead atoms. The average molecular weight is 293 g/mol. The number of ketones is 1. The van der Waals surface area contributed by atoms with Gasteiger partial charge in [-0.25, -0.2) is 0 Å². The summed E-state index contributed by atoms with van der Waals surface area (Å²) in [5, 5.41) is 10.7. The summed E-state index contributed by atoms with van der Waals surface area (Å²) in [6.07, 6.45) is 0.